The lowest BCUT2D eigenvalue weighted by molar-refractivity contribution is 0.151. The summed E-state index contributed by atoms with van der Waals surface area (Å²) in [4.78, 5) is 0.801. The zero-order chi connectivity index (χ0) is 13.1. The molecule has 2 aromatic rings. The molecular weight excluding hydrogens is 289 g/mol. The van der Waals surface area contributed by atoms with Crippen molar-refractivity contribution >= 4 is 34.5 Å². The van der Waals surface area contributed by atoms with E-state index in [2.05, 4.69) is 0 Å². The third-order valence-corrected chi connectivity index (χ3v) is 4.47. The van der Waals surface area contributed by atoms with Gasteiger partial charge in [-0.1, -0.05) is 41.4 Å². The van der Waals surface area contributed by atoms with Gasteiger partial charge in [0, 0.05) is 22.4 Å². The summed E-state index contributed by atoms with van der Waals surface area (Å²) in [5.41, 5.74) is 6.63. The molecule has 0 aliphatic carbocycles. The molecule has 0 aliphatic heterocycles. The van der Waals surface area contributed by atoms with Crippen LogP contribution in [0.3, 0.4) is 0 Å². The molecular formula is C13H13Cl2NOS. The standard InChI is InChI=1S/C13H13Cl2NOS/c14-10-4-2-1-3-8(10)9(7-16)13(17)11-5-6-12(15)18-11/h1-6,9,13,17H,7,16H2. The minimum absolute atomic E-state index is 0.228. The Morgan fingerprint density at radius 3 is 2.44 bits per heavy atom. The zero-order valence-corrected chi connectivity index (χ0v) is 11.8. The topological polar surface area (TPSA) is 46.2 Å². The lowest BCUT2D eigenvalue weighted by Gasteiger charge is -2.21. The Labute approximate surface area is 120 Å². The third kappa shape index (κ3) is 2.87. The number of hydrogen-bond acceptors (Lipinski definition) is 3. The molecule has 0 saturated heterocycles. The molecule has 2 rings (SSSR count). The van der Waals surface area contributed by atoms with Crippen LogP contribution in [0, 0.1) is 0 Å². The molecule has 2 atom stereocenters. The Balaban J connectivity index is 2.32. The number of thiophene rings is 1. The summed E-state index contributed by atoms with van der Waals surface area (Å²) in [6.45, 7) is 0.320. The van der Waals surface area contributed by atoms with Gasteiger partial charge in [0.2, 0.25) is 0 Å². The number of rotatable bonds is 4. The first-order chi connectivity index (χ1) is 8.63. The molecule has 0 aliphatic rings. The average Bonchev–Trinajstić information content (AvgIpc) is 2.79. The van der Waals surface area contributed by atoms with Gasteiger partial charge in [-0.25, -0.2) is 0 Å². The second kappa shape index (κ2) is 6.04. The van der Waals surface area contributed by atoms with Crippen molar-refractivity contribution in [2.45, 2.75) is 12.0 Å². The highest BCUT2D eigenvalue weighted by molar-refractivity contribution is 7.16. The van der Waals surface area contributed by atoms with Gasteiger partial charge in [-0.3, -0.25) is 0 Å². The monoisotopic (exact) mass is 301 g/mol. The van der Waals surface area contributed by atoms with Crippen LogP contribution in [-0.4, -0.2) is 11.7 Å². The Kier molecular flexibility index (Phi) is 4.65. The maximum absolute atomic E-state index is 10.4. The molecule has 1 aromatic heterocycles. The van der Waals surface area contributed by atoms with E-state index in [1.54, 1.807) is 12.1 Å². The Morgan fingerprint density at radius 2 is 1.89 bits per heavy atom. The Morgan fingerprint density at radius 1 is 1.17 bits per heavy atom. The number of aliphatic hydroxyl groups excluding tert-OH is 1. The van der Waals surface area contributed by atoms with Crippen LogP contribution in [0.15, 0.2) is 36.4 Å². The van der Waals surface area contributed by atoms with Gasteiger partial charge in [0.15, 0.2) is 0 Å². The molecule has 0 fully saturated rings. The van der Waals surface area contributed by atoms with Gasteiger partial charge in [-0.05, 0) is 23.8 Å². The molecule has 2 nitrogen and oxygen atoms in total. The first kappa shape index (κ1) is 13.8. The summed E-state index contributed by atoms with van der Waals surface area (Å²) in [5.74, 6) is -0.228. The van der Waals surface area contributed by atoms with Crippen LogP contribution in [0.25, 0.3) is 0 Å². The average molecular weight is 302 g/mol. The molecule has 0 spiro atoms. The number of hydrogen-bond donors (Lipinski definition) is 2. The summed E-state index contributed by atoms with van der Waals surface area (Å²) < 4.78 is 0.652. The van der Waals surface area contributed by atoms with E-state index in [0.717, 1.165) is 10.4 Å². The van der Waals surface area contributed by atoms with Gasteiger partial charge >= 0.3 is 0 Å². The van der Waals surface area contributed by atoms with E-state index >= 15 is 0 Å². The normalized spacial score (nSPS) is 14.4. The Bertz CT molecular complexity index is 529. The van der Waals surface area contributed by atoms with E-state index in [1.807, 2.05) is 24.3 Å². The molecule has 0 amide bonds. The SMILES string of the molecule is NCC(c1ccccc1Cl)C(O)c1ccc(Cl)s1. The number of halogens is 2. The molecule has 5 heteroatoms. The largest absolute Gasteiger partial charge is 0.387 e. The van der Waals surface area contributed by atoms with E-state index in [1.165, 1.54) is 11.3 Å². The van der Waals surface area contributed by atoms with E-state index in [-0.39, 0.29) is 5.92 Å². The number of benzene rings is 1. The predicted molar refractivity (Wildman–Crippen MR) is 77.5 cm³/mol. The molecule has 0 saturated carbocycles. The zero-order valence-electron chi connectivity index (χ0n) is 9.51. The van der Waals surface area contributed by atoms with Gasteiger partial charge in [-0.2, -0.15) is 0 Å². The lowest BCUT2D eigenvalue weighted by Crippen LogP contribution is -2.19. The highest BCUT2D eigenvalue weighted by Gasteiger charge is 2.24. The van der Waals surface area contributed by atoms with Crippen LogP contribution in [0.4, 0.5) is 0 Å². The summed E-state index contributed by atoms with van der Waals surface area (Å²) >= 11 is 13.4. The number of aliphatic hydroxyl groups is 1. The van der Waals surface area contributed by atoms with Gasteiger partial charge < -0.3 is 10.8 Å². The predicted octanol–water partition coefficient (Wildman–Crippen LogP) is 3.83. The molecule has 18 heavy (non-hydrogen) atoms. The number of nitrogens with two attached hydrogens (primary N) is 1. The highest BCUT2D eigenvalue weighted by atomic mass is 35.5. The van der Waals surface area contributed by atoms with Crippen LogP contribution in [-0.2, 0) is 0 Å². The van der Waals surface area contributed by atoms with Crippen LogP contribution in [0.2, 0.25) is 9.36 Å². The van der Waals surface area contributed by atoms with Crippen molar-refractivity contribution < 1.29 is 5.11 Å². The van der Waals surface area contributed by atoms with E-state index in [4.69, 9.17) is 28.9 Å². The maximum Gasteiger partial charge on any atom is 0.0963 e. The summed E-state index contributed by atoms with van der Waals surface area (Å²) in [6, 6.07) is 11.0. The lowest BCUT2D eigenvalue weighted by atomic mass is 9.92. The van der Waals surface area contributed by atoms with Gasteiger partial charge in [0.1, 0.15) is 0 Å². The second-order valence-electron chi connectivity index (χ2n) is 3.95. The molecule has 2 unspecified atom stereocenters. The van der Waals surface area contributed by atoms with Gasteiger partial charge in [-0.15, -0.1) is 11.3 Å². The first-order valence-corrected chi connectivity index (χ1v) is 7.08. The van der Waals surface area contributed by atoms with Crippen molar-refractivity contribution in [1.82, 2.24) is 0 Å². The molecule has 1 aromatic carbocycles. The van der Waals surface area contributed by atoms with Gasteiger partial charge in [0.25, 0.3) is 0 Å². The van der Waals surface area contributed by atoms with Crippen LogP contribution in [0.5, 0.6) is 0 Å². The molecule has 1 heterocycles. The van der Waals surface area contributed by atoms with Crippen LogP contribution >= 0.6 is 34.5 Å². The van der Waals surface area contributed by atoms with Crippen molar-refractivity contribution in [3.05, 3.63) is 56.2 Å². The maximum atomic E-state index is 10.4. The van der Waals surface area contributed by atoms with Gasteiger partial charge in [0.05, 0.1) is 10.4 Å². The first-order valence-electron chi connectivity index (χ1n) is 5.51. The summed E-state index contributed by atoms with van der Waals surface area (Å²) in [5, 5.41) is 11.0. The Hall–Kier alpha value is -0.580. The smallest absolute Gasteiger partial charge is 0.0963 e. The molecule has 0 radical (unpaired) electrons. The summed E-state index contributed by atoms with van der Waals surface area (Å²) in [6.07, 6.45) is -0.688. The second-order valence-corrected chi connectivity index (χ2v) is 6.10. The van der Waals surface area contributed by atoms with E-state index in [0.29, 0.717) is 15.9 Å². The fraction of sp³-hybridized carbons (Fsp3) is 0.231. The minimum Gasteiger partial charge on any atom is -0.387 e. The fourth-order valence-electron chi connectivity index (χ4n) is 1.89. The molecule has 96 valence electrons. The third-order valence-electron chi connectivity index (χ3n) is 2.83. The minimum atomic E-state index is -0.688. The van der Waals surface area contributed by atoms with Crippen LogP contribution in [0.1, 0.15) is 22.5 Å². The highest BCUT2D eigenvalue weighted by Crippen LogP contribution is 2.37. The van der Waals surface area contributed by atoms with Crippen molar-refractivity contribution in [1.29, 1.82) is 0 Å². The van der Waals surface area contributed by atoms with Crippen molar-refractivity contribution in [3.8, 4) is 0 Å². The van der Waals surface area contributed by atoms with E-state index < -0.39 is 6.10 Å². The summed E-state index contributed by atoms with van der Waals surface area (Å²) in [7, 11) is 0. The molecule has 3 N–H and O–H groups in total. The van der Waals surface area contributed by atoms with Crippen molar-refractivity contribution in [2.24, 2.45) is 5.73 Å². The van der Waals surface area contributed by atoms with Crippen molar-refractivity contribution in [3.63, 3.8) is 0 Å². The van der Waals surface area contributed by atoms with E-state index in [9.17, 15) is 5.11 Å². The van der Waals surface area contributed by atoms with Crippen molar-refractivity contribution in [2.75, 3.05) is 6.54 Å². The van der Waals surface area contributed by atoms with Crippen LogP contribution < -0.4 is 5.73 Å². The molecule has 0 bridgehead atoms. The fourth-order valence-corrected chi connectivity index (χ4v) is 3.28. The quantitative estimate of drug-likeness (QED) is 0.901.